The number of hydrogen-bond donors (Lipinski definition) is 0. The Kier molecular flexibility index (Phi) is 6.12. The Morgan fingerprint density at radius 3 is 2.31 bits per heavy atom. The van der Waals surface area contributed by atoms with Crippen LogP contribution in [0.2, 0.25) is 0 Å². The van der Waals surface area contributed by atoms with Crippen LogP contribution in [0.25, 0.3) is 11.1 Å². The van der Waals surface area contributed by atoms with Crippen LogP contribution in [0.4, 0.5) is 9.18 Å². The maximum atomic E-state index is 14.4. The Labute approximate surface area is 170 Å². The molecule has 0 saturated carbocycles. The van der Waals surface area contributed by atoms with Crippen LogP contribution in [-0.2, 0) is 14.6 Å². The Morgan fingerprint density at radius 1 is 1.14 bits per heavy atom. The Hall–Kier alpha value is -2.61. The summed E-state index contributed by atoms with van der Waals surface area (Å²) < 4.78 is 48.2. The van der Waals surface area contributed by atoms with E-state index in [1.807, 2.05) is 0 Å². The smallest absolute Gasteiger partial charge is 0.410 e. The molecule has 2 aromatic rings. The highest BCUT2D eigenvalue weighted by Crippen LogP contribution is 2.27. The first-order valence-electron chi connectivity index (χ1n) is 9.32. The molecule has 0 aliphatic carbocycles. The van der Waals surface area contributed by atoms with Gasteiger partial charge in [0.25, 0.3) is 0 Å². The number of sulfone groups is 1. The normalized spacial score (nSPS) is 14.6. The van der Waals surface area contributed by atoms with Crippen LogP contribution < -0.4 is 4.74 Å². The summed E-state index contributed by atoms with van der Waals surface area (Å²) in [6.45, 7) is 4.95. The van der Waals surface area contributed by atoms with Gasteiger partial charge in [0.15, 0.2) is 21.4 Å². The monoisotopic (exact) mass is 421 g/mol. The van der Waals surface area contributed by atoms with Crippen molar-refractivity contribution < 1.29 is 27.1 Å². The van der Waals surface area contributed by atoms with E-state index >= 15 is 0 Å². The highest BCUT2D eigenvalue weighted by molar-refractivity contribution is 7.90. The van der Waals surface area contributed by atoms with Gasteiger partial charge in [-0.3, -0.25) is 0 Å². The molecule has 8 heteroatoms. The van der Waals surface area contributed by atoms with E-state index in [4.69, 9.17) is 9.47 Å². The number of likely N-dealkylation sites (tertiary alicyclic amines) is 1. The first-order chi connectivity index (χ1) is 13.6. The summed E-state index contributed by atoms with van der Waals surface area (Å²) in [5.41, 5.74) is 1.34. The van der Waals surface area contributed by atoms with Crippen molar-refractivity contribution in [2.45, 2.75) is 24.8 Å². The lowest BCUT2D eigenvalue weighted by Crippen LogP contribution is -2.52. The Bertz CT molecular complexity index is 983. The molecule has 1 saturated heterocycles. The van der Waals surface area contributed by atoms with Crippen molar-refractivity contribution in [1.82, 2.24) is 4.90 Å². The summed E-state index contributed by atoms with van der Waals surface area (Å²) in [6.07, 6.45) is 0.643. The summed E-state index contributed by atoms with van der Waals surface area (Å²) >= 11 is 0. The average molecular weight is 421 g/mol. The molecule has 3 rings (SSSR count). The van der Waals surface area contributed by atoms with Gasteiger partial charge in [-0.1, -0.05) is 18.2 Å². The molecule has 1 aliphatic rings. The third-order valence-corrected chi connectivity index (χ3v) is 5.70. The molecule has 6 nitrogen and oxygen atoms in total. The molecule has 0 atom stereocenters. The van der Waals surface area contributed by atoms with Crippen LogP contribution in [0.1, 0.15) is 13.8 Å². The average Bonchev–Trinajstić information content (AvgIpc) is 2.60. The lowest BCUT2D eigenvalue weighted by Gasteiger charge is -2.38. The number of hydrogen-bond acceptors (Lipinski definition) is 5. The van der Waals surface area contributed by atoms with Crippen LogP contribution >= 0.6 is 0 Å². The molecule has 0 unspecified atom stereocenters. The number of rotatable bonds is 6. The third kappa shape index (κ3) is 5.26. The number of amides is 1. The molecular formula is C21H24FNO5S. The molecule has 0 bridgehead atoms. The van der Waals surface area contributed by atoms with Gasteiger partial charge in [-0.25, -0.2) is 17.6 Å². The first kappa shape index (κ1) is 21.1. The molecule has 1 amide bonds. The van der Waals surface area contributed by atoms with E-state index in [-0.39, 0.29) is 28.8 Å². The van der Waals surface area contributed by atoms with E-state index in [2.05, 4.69) is 0 Å². The fourth-order valence-electron chi connectivity index (χ4n) is 3.00. The minimum Gasteiger partial charge on any atom is -0.490 e. The van der Waals surface area contributed by atoms with Gasteiger partial charge in [-0.15, -0.1) is 0 Å². The number of benzene rings is 2. The van der Waals surface area contributed by atoms with Gasteiger partial charge in [-0.05, 0) is 49.2 Å². The minimum absolute atomic E-state index is 0.136. The number of carbonyl (C=O) groups is 1. The standard InChI is InChI=1S/C21H24FNO5S/c1-14(2)28-21(24)23-11-15(12-23)13-27-20-9-6-17(10-19(20)22)16-4-7-18(8-5-16)29(3,25)26/h4-10,14-15H,11-13H2,1-3H3. The molecule has 0 N–H and O–H groups in total. The topological polar surface area (TPSA) is 72.9 Å². The molecular weight excluding hydrogens is 397 g/mol. The predicted octanol–water partition coefficient (Wildman–Crippen LogP) is 3.75. The summed E-state index contributed by atoms with van der Waals surface area (Å²) in [5, 5.41) is 0. The molecule has 0 spiro atoms. The van der Waals surface area contributed by atoms with Crippen LogP contribution in [0.15, 0.2) is 47.4 Å². The second-order valence-corrected chi connectivity index (χ2v) is 9.47. The summed E-state index contributed by atoms with van der Waals surface area (Å²) in [7, 11) is -3.27. The van der Waals surface area contributed by atoms with Crippen molar-refractivity contribution in [1.29, 1.82) is 0 Å². The molecule has 156 valence electrons. The number of ether oxygens (including phenoxy) is 2. The van der Waals surface area contributed by atoms with Gasteiger partial charge in [-0.2, -0.15) is 0 Å². The molecule has 1 aliphatic heterocycles. The van der Waals surface area contributed by atoms with E-state index in [0.29, 0.717) is 30.8 Å². The zero-order valence-electron chi connectivity index (χ0n) is 16.6. The minimum atomic E-state index is -3.27. The first-order valence-corrected chi connectivity index (χ1v) is 11.2. The van der Waals surface area contributed by atoms with E-state index in [1.54, 1.807) is 43.0 Å². The van der Waals surface area contributed by atoms with Gasteiger partial charge < -0.3 is 14.4 Å². The van der Waals surface area contributed by atoms with E-state index < -0.39 is 15.7 Å². The van der Waals surface area contributed by atoms with Crippen molar-refractivity contribution in [2.24, 2.45) is 5.92 Å². The van der Waals surface area contributed by atoms with Crippen molar-refractivity contribution in [3.05, 3.63) is 48.3 Å². The molecule has 1 heterocycles. The van der Waals surface area contributed by atoms with Crippen LogP contribution in [0.3, 0.4) is 0 Å². The van der Waals surface area contributed by atoms with E-state index in [0.717, 1.165) is 6.26 Å². The van der Waals surface area contributed by atoms with Crippen LogP contribution in [-0.4, -0.2) is 51.5 Å². The maximum absolute atomic E-state index is 14.4. The molecule has 29 heavy (non-hydrogen) atoms. The molecule has 0 aromatic heterocycles. The number of carbonyl (C=O) groups excluding carboxylic acids is 1. The quantitative estimate of drug-likeness (QED) is 0.710. The molecule has 0 radical (unpaired) electrons. The SMILES string of the molecule is CC(C)OC(=O)N1CC(COc2ccc(-c3ccc(S(C)(=O)=O)cc3)cc2F)C1. The zero-order valence-corrected chi connectivity index (χ0v) is 17.4. The van der Waals surface area contributed by atoms with Crippen molar-refractivity contribution >= 4 is 15.9 Å². The maximum Gasteiger partial charge on any atom is 0.410 e. The summed E-state index contributed by atoms with van der Waals surface area (Å²) in [6, 6.07) is 10.9. The molecule has 1 fully saturated rings. The van der Waals surface area contributed by atoms with Crippen LogP contribution in [0.5, 0.6) is 5.75 Å². The summed E-state index contributed by atoms with van der Waals surface area (Å²) in [4.78, 5) is 13.5. The zero-order chi connectivity index (χ0) is 21.2. The van der Waals surface area contributed by atoms with Crippen molar-refractivity contribution in [3.63, 3.8) is 0 Å². The fraction of sp³-hybridized carbons (Fsp3) is 0.381. The van der Waals surface area contributed by atoms with Crippen molar-refractivity contribution in [3.8, 4) is 16.9 Å². The summed E-state index contributed by atoms with van der Waals surface area (Å²) in [5.74, 6) is -0.216. The largest absolute Gasteiger partial charge is 0.490 e. The lowest BCUT2D eigenvalue weighted by atomic mass is 10.0. The van der Waals surface area contributed by atoms with Crippen LogP contribution in [0, 0.1) is 11.7 Å². The number of nitrogens with zero attached hydrogens (tertiary/aromatic N) is 1. The number of halogens is 1. The second-order valence-electron chi connectivity index (χ2n) is 7.46. The highest BCUT2D eigenvalue weighted by Gasteiger charge is 2.32. The predicted molar refractivity (Wildman–Crippen MR) is 107 cm³/mol. The Balaban J connectivity index is 1.56. The lowest BCUT2D eigenvalue weighted by molar-refractivity contribution is 0.0236. The highest BCUT2D eigenvalue weighted by atomic mass is 32.2. The van der Waals surface area contributed by atoms with Gasteiger partial charge in [0, 0.05) is 25.3 Å². The fourth-order valence-corrected chi connectivity index (χ4v) is 3.63. The van der Waals surface area contributed by atoms with Gasteiger partial charge in [0.2, 0.25) is 0 Å². The van der Waals surface area contributed by atoms with E-state index in [1.165, 1.54) is 18.2 Å². The van der Waals surface area contributed by atoms with Gasteiger partial charge in [0.1, 0.15) is 0 Å². The van der Waals surface area contributed by atoms with Gasteiger partial charge in [0.05, 0.1) is 17.6 Å². The van der Waals surface area contributed by atoms with E-state index in [9.17, 15) is 17.6 Å². The van der Waals surface area contributed by atoms with Gasteiger partial charge >= 0.3 is 6.09 Å². The molecule has 2 aromatic carbocycles. The third-order valence-electron chi connectivity index (χ3n) is 4.57. The Morgan fingerprint density at radius 2 is 1.76 bits per heavy atom. The van der Waals surface area contributed by atoms with Crippen molar-refractivity contribution in [2.75, 3.05) is 26.0 Å². The second kappa shape index (κ2) is 8.41.